The minimum absolute atomic E-state index is 0.557. The third-order valence-corrected chi connectivity index (χ3v) is 4.93. The molecular formula is C17H13N7S. The summed E-state index contributed by atoms with van der Waals surface area (Å²) >= 11 is 1.51. The molecule has 3 heterocycles. The van der Waals surface area contributed by atoms with E-state index in [9.17, 15) is 0 Å². The lowest BCUT2D eigenvalue weighted by Crippen LogP contribution is -2.02. The van der Waals surface area contributed by atoms with Crippen LogP contribution in [0.1, 0.15) is 10.6 Å². The third-order valence-electron chi connectivity index (χ3n) is 4.05. The van der Waals surface area contributed by atoms with Crippen molar-refractivity contribution in [2.24, 2.45) is 0 Å². The van der Waals surface area contributed by atoms with Crippen LogP contribution in [-0.4, -0.2) is 34.8 Å². The lowest BCUT2D eigenvalue weighted by molar-refractivity contribution is 0.659. The molecule has 7 nitrogen and oxygen atoms in total. The van der Waals surface area contributed by atoms with Gasteiger partial charge in [-0.25, -0.2) is 4.68 Å². The molecule has 0 amide bonds. The van der Waals surface area contributed by atoms with Crippen LogP contribution in [0.25, 0.3) is 27.4 Å². The molecule has 25 heavy (non-hydrogen) atoms. The van der Waals surface area contributed by atoms with Gasteiger partial charge in [-0.15, -0.1) is 15.3 Å². The molecule has 0 fully saturated rings. The molecule has 8 heteroatoms. The molecule has 0 aliphatic heterocycles. The molecule has 3 aromatic heterocycles. The van der Waals surface area contributed by atoms with E-state index in [1.54, 1.807) is 4.52 Å². The maximum Gasteiger partial charge on any atom is 0.235 e. The Morgan fingerprint density at radius 1 is 0.960 bits per heavy atom. The van der Waals surface area contributed by atoms with Crippen LogP contribution < -0.4 is 0 Å². The van der Waals surface area contributed by atoms with Crippen molar-refractivity contribution in [2.75, 3.05) is 0 Å². The van der Waals surface area contributed by atoms with Crippen molar-refractivity contribution in [3.8, 4) is 11.4 Å². The molecule has 5 aromatic rings. The first-order valence-electron chi connectivity index (χ1n) is 7.84. The van der Waals surface area contributed by atoms with Crippen LogP contribution in [0, 0.1) is 6.92 Å². The average molecular weight is 347 g/mol. The number of nitrogens with zero attached hydrogens (tertiary/aromatic N) is 7. The van der Waals surface area contributed by atoms with Gasteiger partial charge in [0.1, 0.15) is 10.5 Å². The molecule has 0 aliphatic carbocycles. The van der Waals surface area contributed by atoms with Crippen molar-refractivity contribution in [3.05, 3.63) is 59.1 Å². The first kappa shape index (κ1) is 14.2. The second-order valence-corrected chi connectivity index (χ2v) is 6.86. The number of hydrogen-bond acceptors (Lipinski definition) is 6. The van der Waals surface area contributed by atoms with Crippen LogP contribution in [0.3, 0.4) is 0 Å². The van der Waals surface area contributed by atoms with E-state index >= 15 is 0 Å². The SMILES string of the molecule is Cc1ccc(-c2nnc3sc(Cn4nnc5ccccc54)nn23)cc1. The fraction of sp³-hybridized carbons (Fsp3) is 0.118. The molecule has 0 bridgehead atoms. The zero-order valence-electron chi connectivity index (χ0n) is 13.4. The Labute approximate surface area is 146 Å². The van der Waals surface area contributed by atoms with Crippen molar-refractivity contribution in [2.45, 2.75) is 13.5 Å². The van der Waals surface area contributed by atoms with E-state index in [-0.39, 0.29) is 0 Å². The van der Waals surface area contributed by atoms with E-state index in [2.05, 4.69) is 44.7 Å². The maximum absolute atomic E-state index is 4.67. The van der Waals surface area contributed by atoms with Gasteiger partial charge in [-0.3, -0.25) is 0 Å². The van der Waals surface area contributed by atoms with Gasteiger partial charge in [0.2, 0.25) is 4.96 Å². The Hall–Kier alpha value is -3.13. The van der Waals surface area contributed by atoms with Gasteiger partial charge in [0.15, 0.2) is 5.82 Å². The summed E-state index contributed by atoms with van der Waals surface area (Å²) < 4.78 is 3.65. The second kappa shape index (κ2) is 5.45. The zero-order chi connectivity index (χ0) is 16.8. The lowest BCUT2D eigenvalue weighted by atomic mass is 10.1. The van der Waals surface area contributed by atoms with E-state index in [4.69, 9.17) is 0 Å². The summed E-state index contributed by atoms with van der Waals surface area (Å²) in [5, 5.41) is 22.5. The van der Waals surface area contributed by atoms with Crippen LogP contribution in [-0.2, 0) is 6.54 Å². The number of rotatable bonds is 3. The Kier molecular flexibility index (Phi) is 3.10. The summed E-state index contributed by atoms with van der Waals surface area (Å²) in [6, 6.07) is 16.1. The average Bonchev–Trinajstić information content (AvgIpc) is 3.31. The number of hydrogen-bond donors (Lipinski definition) is 0. The highest BCUT2D eigenvalue weighted by Crippen LogP contribution is 2.23. The number of aromatic nitrogens is 7. The Morgan fingerprint density at radius 2 is 1.80 bits per heavy atom. The third kappa shape index (κ3) is 2.38. The van der Waals surface area contributed by atoms with Crippen molar-refractivity contribution in [3.63, 3.8) is 0 Å². The highest BCUT2D eigenvalue weighted by atomic mass is 32.1. The summed E-state index contributed by atoms with van der Waals surface area (Å²) in [5.74, 6) is 0.751. The van der Waals surface area contributed by atoms with Gasteiger partial charge in [-0.05, 0) is 19.1 Å². The van der Waals surface area contributed by atoms with E-state index < -0.39 is 0 Å². The van der Waals surface area contributed by atoms with Crippen LogP contribution in [0.15, 0.2) is 48.5 Å². The van der Waals surface area contributed by atoms with Crippen LogP contribution in [0.2, 0.25) is 0 Å². The Balaban J connectivity index is 1.54. The van der Waals surface area contributed by atoms with Crippen LogP contribution in [0.4, 0.5) is 0 Å². The quantitative estimate of drug-likeness (QED) is 0.502. The monoisotopic (exact) mass is 347 g/mol. The molecule has 122 valence electrons. The van der Waals surface area contributed by atoms with Crippen molar-refractivity contribution >= 4 is 27.3 Å². The second-order valence-electron chi connectivity index (χ2n) is 5.82. The summed E-state index contributed by atoms with van der Waals surface area (Å²) in [6.07, 6.45) is 0. The Bertz CT molecular complexity index is 1180. The fourth-order valence-corrected chi connectivity index (χ4v) is 3.58. The van der Waals surface area contributed by atoms with Gasteiger partial charge in [-0.1, -0.05) is 58.5 Å². The number of aryl methyl sites for hydroxylation is 1. The van der Waals surface area contributed by atoms with Crippen LogP contribution in [0.5, 0.6) is 0 Å². The minimum atomic E-state index is 0.557. The van der Waals surface area contributed by atoms with Gasteiger partial charge in [0.25, 0.3) is 0 Å². The maximum atomic E-state index is 4.67. The normalized spacial score (nSPS) is 11.6. The van der Waals surface area contributed by atoms with Gasteiger partial charge in [0.05, 0.1) is 12.1 Å². The molecule has 0 unspecified atom stereocenters. The first-order valence-corrected chi connectivity index (χ1v) is 8.66. The zero-order valence-corrected chi connectivity index (χ0v) is 14.2. The summed E-state index contributed by atoms with van der Waals surface area (Å²) in [7, 11) is 0. The van der Waals surface area contributed by atoms with Gasteiger partial charge in [-0.2, -0.15) is 9.61 Å². The molecule has 0 saturated heterocycles. The molecular weight excluding hydrogens is 334 g/mol. The molecule has 2 aromatic carbocycles. The minimum Gasteiger partial charge on any atom is -0.238 e. The van der Waals surface area contributed by atoms with E-state index in [0.717, 1.165) is 32.4 Å². The fourth-order valence-electron chi connectivity index (χ4n) is 2.77. The smallest absolute Gasteiger partial charge is 0.235 e. The summed E-state index contributed by atoms with van der Waals surface area (Å²) in [5.41, 5.74) is 4.08. The molecule has 0 spiro atoms. The summed E-state index contributed by atoms with van der Waals surface area (Å²) in [6.45, 7) is 2.62. The summed E-state index contributed by atoms with van der Waals surface area (Å²) in [4.78, 5) is 0.773. The van der Waals surface area contributed by atoms with E-state index in [1.807, 2.05) is 41.1 Å². The standard InChI is InChI=1S/C17H13N7S/c1-11-6-8-12(9-7-11)16-19-20-17-24(16)21-15(25-17)10-23-14-5-3-2-4-13(14)18-22-23/h2-9H,10H2,1H3. The first-order chi connectivity index (χ1) is 12.3. The topological polar surface area (TPSA) is 73.8 Å². The van der Waals surface area contributed by atoms with Crippen molar-refractivity contribution < 1.29 is 0 Å². The van der Waals surface area contributed by atoms with Gasteiger partial charge >= 0.3 is 0 Å². The number of para-hydroxylation sites is 1. The molecule has 0 saturated carbocycles. The molecule has 0 radical (unpaired) electrons. The molecule has 0 N–H and O–H groups in total. The highest BCUT2D eigenvalue weighted by Gasteiger charge is 2.14. The van der Waals surface area contributed by atoms with E-state index in [1.165, 1.54) is 16.9 Å². The molecule has 0 atom stereocenters. The Morgan fingerprint density at radius 3 is 2.68 bits per heavy atom. The lowest BCUT2D eigenvalue weighted by Gasteiger charge is -1.99. The molecule has 5 rings (SSSR count). The van der Waals surface area contributed by atoms with Gasteiger partial charge in [0, 0.05) is 5.56 Å². The van der Waals surface area contributed by atoms with Crippen LogP contribution >= 0.6 is 11.3 Å². The largest absolute Gasteiger partial charge is 0.238 e. The highest BCUT2D eigenvalue weighted by molar-refractivity contribution is 7.16. The number of fused-ring (bicyclic) bond motifs is 2. The van der Waals surface area contributed by atoms with Crippen molar-refractivity contribution in [1.82, 2.24) is 34.8 Å². The predicted molar refractivity (Wildman–Crippen MR) is 95.5 cm³/mol. The predicted octanol–water partition coefficient (Wildman–Crippen LogP) is 2.95. The molecule has 0 aliphatic rings. The van der Waals surface area contributed by atoms with E-state index in [0.29, 0.717) is 6.54 Å². The van der Waals surface area contributed by atoms with Crippen molar-refractivity contribution in [1.29, 1.82) is 0 Å². The number of benzene rings is 2. The van der Waals surface area contributed by atoms with Gasteiger partial charge < -0.3 is 0 Å².